The molecule has 5 nitrogen and oxygen atoms in total. The molecular weight excluding hydrogens is 348 g/mol. The number of aryl methyl sites for hydroxylation is 1. The van der Waals surface area contributed by atoms with Crippen molar-refractivity contribution < 1.29 is 4.79 Å². The van der Waals surface area contributed by atoms with E-state index in [4.69, 9.17) is 0 Å². The number of para-hydroxylation sites is 1. The predicted octanol–water partition coefficient (Wildman–Crippen LogP) is 3.99. The molecule has 4 aliphatic rings. The molecule has 148 valence electrons. The second-order valence-electron chi connectivity index (χ2n) is 9.39. The van der Waals surface area contributed by atoms with Crippen LogP contribution in [0.5, 0.6) is 0 Å². The number of hydrogen-bond acceptors (Lipinski definition) is 3. The van der Waals surface area contributed by atoms with Crippen LogP contribution in [0.4, 0.5) is 5.69 Å². The van der Waals surface area contributed by atoms with Crippen molar-refractivity contribution in [1.82, 2.24) is 15.1 Å². The number of carbonyl (C=O) groups excluding carboxylic acids is 1. The fourth-order valence-corrected chi connectivity index (χ4v) is 6.42. The molecule has 1 heterocycles. The molecule has 1 aromatic carbocycles. The van der Waals surface area contributed by atoms with E-state index in [0.29, 0.717) is 6.54 Å². The van der Waals surface area contributed by atoms with Gasteiger partial charge in [0.25, 0.3) is 0 Å². The van der Waals surface area contributed by atoms with Crippen molar-refractivity contribution in [3.05, 3.63) is 41.7 Å². The van der Waals surface area contributed by atoms with Gasteiger partial charge in [0.1, 0.15) is 0 Å². The lowest BCUT2D eigenvalue weighted by molar-refractivity contribution is -0.116. The summed E-state index contributed by atoms with van der Waals surface area (Å²) in [5.74, 6) is 2.69. The van der Waals surface area contributed by atoms with Gasteiger partial charge in [0.15, 0.2) is 0 Å². The van der Waals surface area contributed by atoms with Gasteiger partial charge in [0.2, 0.25) is 5.91 Å². The van der Waals surface area contributed by atoms with Crippen LogP contribution in [0.2, 0.25) is 0 Å². The normalized spacial score (nSPS) is 30.6. The number of anilines is 1. The Labute approximate surface area is 166 Å². The Kier molecular flexibility index (Phi) is 4.31. The second-order valence-corrected chi connectivity index (χ2v) is 9.39. The number of carbonyl (C=O) groups is 1. The minimum Gasteiger partial charge on any atom is -0.322 e. The molecule has 0 saturated heterocycles. The van der Waals surface area contributed by atoms with Gasteiger partial charge in [0.05, 0.1) is 29.3 Å². The average Bonchev–Trinajstić information content (AvgIpc) is 2.94. The van der Waals surface area contributed by atoms with Gasteiger partial charge in [-0.2, -0.15) is 5.10 Å². The first-order valence-corrected chi connectivity index (χ1v) is 10.7. The zero-order chi connectivity index (χ0) is 19.3. The summed E-state index contributed by atoms with van der Waals surface area (Å²) in [6, 6.07) is 10.0. The molecule has 2 N–H and O–H groups in total. The molecular formula is C23H30N4O. The quantitative estimate of drug-likeness (QED) is 0.827. The lowest BCUT2D eigenvalue weighted by Gasteiger charge is -2.57. The van der Waals surface area contributed by atoms with E-state index in [1.807, 2.05) is 48.9 Å². The number of nitrogens with one attached hydrogen (secondary N) is 2. The van der Waals surface area contributed by atoms with Gasteiger partial charge in [-0.25, -0.2) is 4.68 Å². The van der Waals surface area contributed by atoms with Crippen LogP contribution in [-0.4, -0.2) is 27.8 Å². The Balaban J connectivity index is 1.26. The highest BCUT2D eigenvalue weighted by Gasteiger charge is 2.50. The molecule has 4 fully saturated rings. The third-order valence-corrected chi connectivity index (χ3v) is 7.22. The minimum absolute atomic E-state index is 0.0366. The molecule has 0 aliphatic heterocycles. The van der Waals surface area contributed by atoms with Crippen LogP contribution in [0.25, 0.3) is 5.69 Å². The van der Waals surface area contributed by atoms with E-state index in [1.165, 1.54) is 38.5 Å². The molecule has 0 radical (unpaired) electrons. The van der Waals surface area contributed by atoms with E-state index >= 15 is 0 Å². The summed E-state index contributed by atoms with van der Waals surface area (Å²) < 4.78 is 1.90. The molecule has 1 amide bonds. The fourth-order valence-electron chi connectivity index (χ4n) is 6.42. The zero-order valence-corrected chi connectivity index (χ0v) is 16.9. The van der Waals surface area contributed by atoms with Gasteiger partial charge in [-0.05, 0) is 82.3 Å². The van der Waals surface area contributed by atoms with Crippen LogP contribution in [0.15, 0.2) is 30.3 Å². The molecule has 2 aromatic rings. The van der Waals surface area contributed by atoms with E-state index < -0.39 is 0 Å². The largest absolute Gasteiger partial charge is 0.322 e. The predicted molar refractivity (Wildman–Crippen MR) is 111 cm³/mol. The molecule has 4 saturated carbocycles. The molecule has 4 bridgehead atoms. The van der Waals surface area contributed by atoms with Crippen molar-refractivity contribution in [2.75, 3.05) is 11.9 Å². The van der Waals surface area contributed by atoms with E-state index in [9.17, 15) is 4.79 Å². The summed E-state index contributed by atoms with van der Waals surface area (Å²) in [7, 11) is 0. The third kappa shape index (κ3) is 3.16. The molecule has 1 aromatic heterocycles. The van der Waals surface area contributed by atoms with Crippen molar-refractivity contribution in [3.63, 3.8) is 0 Å². The number of nitrogens with zero attached hydrogens (tertiary/aromatic N) is 2. The van der Waals surface area contributed by atoms with Crippen molar-refractivity contribution in [3.8, 4) is 5.69 Å². The second kappa shape index (κ2) is 6.73. The van der Waals surface area contributed by atoms with E-state index in [-0.39, 0.29) is 11.4 Å². The van der Waals surface area contributed by atoms with Gasteiger partial charge in [-0.1, -0.05) is 18.2 Å². The van der Waals surface area contributed by atoms with Crippen LogP contribution in [0, 0.1) is 31.6 Å². The monoisotopic (exact) mass is 378 g/mol. The summed E-state index contributed by atoms with van der Waals surface area (Å²) in [4.78, 5) is 12.7. The van der Waals surface area contributed by atoms with Crippen LogP contribution < -0.4 is 10.6 Å². The lowest BCUT2D eigenvalue weighted by Crippen LogP contribution is -2.59. The first kappa shape index (κ1) is 17.9. The topological polar surface area (TPSA) is 59.0 Å². The number of aromatic nitrogens is 2. The number of rotatable bonds is 5. The third-order valence-electron chi connectivity index (χ3n) is 7.22. The van der Waals surface area contributed by atoms with Gasteiger partial charge in [-0.15, -0.1) is 0 Å². The van der Waals surface area contributed by atoms with Gasteiger partial charge >= 0.3 is 0 Å². The molecule has 0 spiro atoms. The number of benzene rings is 1. The van der Waals surface area contributed by atoms with Gasteiger partial charge in [-0.3, -0.25) is 4.79 Å². The number of hydrogen-bond donors (Lipinski definition) is 2. The SMILES string of the molecule is Cc1nn(-c2ccccc2)c(C)c1NC(=O)CNC12CC3CC(CC(C3)C1)C2. The van der Waals surface area contributed by atoms with Crippen molar-refractivity contribution in [2.45, 2.75) is 57.9 Å². The van der Waals surface area contributed by atoms with E-state index in [1.54, 1.807) is 0 Å². The zero-order valence-electron chi connectivity index (χ0n) is 16.9. The summed E-state index contributed by atoms with van der Waals surface area (Å²) in [6.07, 6.45) is 8.04. The molecule has 28 heavy (non-hydrogen) atoms. The highest BCUT2D eigenvalue weighted by molar-refractivity contribution is 5.93. The van der Waals surface area contributed by atoms with Crippen molar-refractivity contribution in [1.29, 1.82) is 0 Å². The van der Waals surface area contributed by atoms with Crippen LogP contribution in [-0.2, 0) is 4.79 Å². The summed E-state index contributed by atoms with van der Waals surface area (Å²) in [6.45, 7) is 4.35. The molecule has 0 atom stereocenters. The molecule has 6 rings (SSSR count). The molecule has 5 heteroatoms. The fraction of sp³-hybridized carbons (Fsp3) is 0.565. The maximum atomic E-state index is 12.7. The van der Waals surface area contributed by atoms with E-state index in [2.05, 4.69) is 15.7 Å². The van der Waals surface area contributed by atoms with Crippen molar-refractivity contribution in [2.24, 2.45) is 17.8 Å². The Hall–Kier alpha value is -2.14. The van der Waals surface area contributed by atoms with Crippen LogP contribution >= 0.6 is 0 Å². The Morgan fingerprint density at radius 1 is 1.07 bits per heavy atom. The molecule has 0 unspecified atom stereocenters. The summed E-state index contributed by atoms with van der Waals surface area (Å²) >= 11 is 0. The summed E-state index contributed by atoms with van der Waals surface area (Å²) in [5, 5.41) is 11.4. The maximum Gasteiger partial charge on any atom is 0.238 e. The standard InChI is InChI=1S/C23H30N4O/c1-15-22(16(2)27(26-15)20-6-4-3-5-7-20)25-21(28)14-24-23-11-17-8-18(12-23)10-19(9-17)13-23/h3-7,17-19,24H,8-14H2,1-2H3,(H,25,28). The Bertz CT molecular complexity index is 850. The lowest BCUT2D eigenvalue weighted by atomic mass is 9.53. The van der Waals surface area contributed by atoms with Gasteiger partial charge in [0, 0.05) is 5.54 Å². The first-order valence-electron chi connectivity index (χ1n) is 10.7. The smallest absolute Gasteiger partial charge is 0.238 e. The van der Waals surface area contributed by atoms with Crippen molar-refractivity contribution >= 4 is 11.6 Å². The van der Waals surface area contributed by atoms with E-state index in [0.717, 1.165) is 40.5 Å². The Morgan fingerprint density at radius 2 is 1.68 bits per heavy atom. The maximum absolute atomic E-state index is 12.7. The van der Waals surface area contributed by atoms with Gasteiger partial charge < -0.3 is 10.6 Å². The highest BCUT2D eigenvalue weighted by atomic mass is 16.1. The highest BCUT2D eigenvalue weighted by Crippen LogP contribution is 2.55. The number of amides is 1. The Morgan fingerprint density at radius 3 is 2.29 bits per heavy atom. The molecule has 4 aliphatic carbocycles. The minimum atomic E-state index is 0.0366. The van der Waals surface area contributed by atoms with Crippen LogP contribution in [0.3, 0.4) is 0 Å². The summed E-state index contributed by atoms with van der Waals surface area (Å²) in [5.41, 5.74) is 3.87. The van der Waals surface area contributed by atoms with Crippen LogP contribution in [0.1, 0.15) is 49.9 Å². The average molecular weight is 379 g/mol. The first-order chi connectivity index (χ1) is 13.5.